The van der Waals surface area contributed by atoms with Crippen molar-refractivity contribution in [2.45, 2.75) is 78.0 Å². The van der Waals surface area contributed by atoms with E-state index in [0.717, 1.165) is 17.4 Å². The van der Waals surface area contributed by atoms with Crippen LogP contribution in [0.2, 0.25) is 0 Å². The summed E-state index contributed by atoms with van der Waals surface area (Å²) in [5.74, 6) is 1.44. The molecule has 2 aliphatic heterocycles. The number of quaternary nitrogens is 1. The molecule has 0 bridgehead atoms. The maximum Gasteiger partial charge on any atom is 0.228 e. The number of carbonyl (C=O) groups excluding carboxylic acids is 1. The minimum Gasteiger partial charge on any atom is -0.338 e. The third kappa shape index (κ3) is 3.73. The van der Waals surface area contributed by atoms with E-state index in [1.807, 2.05) is 0 Å². The van der Waals surface area contributed by atoms with Gasteiger partial charge in [0.2, 0.25) is 5.91 Å². The smallest absolute Gasteiger partial charge is 0.228 e. The summed E-state index contributed by atoms with van der Waals surface area (Å²) >= 11 is 0. The molecule has 0 saturated carbocycles. The van der Waals surface area contributed by atoms with Gasteiger partial charge >= 0.3 is 0 Å². The maximum absolute atomic E-state index is 13.6. The number of rotatable bonds is 3. The monoisotopic (exact) mass is 362 g/mol. The van der Waals surface area contributed by atoms with Crippen LogP contribution in [0.4, 0.5) is 0 Å². The molecule has 4 heteroatoms. The van der Waals surface area contributed by atoms with Crippen LogP contribution in [-0.2, 0) is 4.79 Å². The van der Waals surface area contributed by atoms with Gasteiger partial charge in [0.1, 0.15) is 0 Å². The predicted molar refractivity (Wildman–Crippen MR) is 108 cm³/mol. The summed E-state index contributed by atoms with van der Waals surface area (Å²) in [6, 6.07) is 1.57. The minimum absolute atomic E-state index is 0.0990. The molecule has 0 aromatic heterocycles. The zero-order chi connectivity index (χ0) is 19.1. The van der Waals surface area contributed by atoms with Crippen molar-refractivity contribution in [2.24, 2.45) is 17.8 Å². The Morgan fingerprint density at radius 1 is 1.31 bits per heavy atom. The number of allylic oxidation sites excluding steroid dienone is 1. The number of hydrogen-bond acceptors (Lipinski definition) is 2. The Morgan fingerprint density at radius 3 is 2.73 bits per heavy atom. The summed E-state index contributed by atoms with van der Waals surface area (Å²) in [4.78, 5) is 15.8. The van der Waals surface area contributed by atoms with Gasteiger partial charge in [-0.2, -0.15) is 0 Å². The van der Waals surface area contributed by atoms with Crippen LogP contribution in [0, 0.1) is 17.8 Å². The molecule has 3 aliphatic rings. The standard InChI is InChI=1S/C22H40N3O/c1-15(2)25(6)12-8-10-19(14-25)13-24-18(5)17(4)23-20-11-7-9-16(3)21(20)22(24)26/h7,9,15-21,23H,8,10-14H2,1-6H3/q+1. The molecule has 7 atom stereocenters. The third-order valence-corrected chi connectivity index (χ3v) is 7.75. The molecule has 2 heterocycles. The highest BCUT2D eigenvalue weighted by molar-refractivity contribution is 5.81. The van der Waals surface area contributed by atoms with Crippen molar-refractivity contribution >= 4 is 5.91 Å². The van der Waals surface area contributed by atoms with E-state index < -0.39 is 0 Å². The molecule has 0 aromatic rings. The van der Waals surface area contributed by atoms with Gasteiger partial charge in [0.15, 0.2) is 0 Å². The van der Waals surface area contributed by atoms with E-state index >= 15 is 0 Å². The van der Waals surface area contributed by atoms with E-state index in [9.17, 15) is 4.79 Å². The molecule has 26 heavy (non-hydrogen) atoms. The predicted octanol–water partition coefficient (Wildman–Crippen LogP) is 3.04. The fraction of sp³-hybridized carbons (Fsp3) is 0.864. The van der Waals surface area contributed by atoms with Gasteiger partial charge < -0.3 is 14.7 Å². The van der Waals surface area contributed by atoms with Crippen LogP contribution >= 0.6 is 0 Å². The Balaban J connectivity index is 1.78. The number of nitrogens with zero attached hydrogens (tertiary/aromatic N) is 2. The van der Waals surface area contributed by atoms with Crippen LogP contribution in [0.15, 0.2) is 12.2 Å². The lowest BCUT2D eigenvalue weighted by atomic mass is 9.80. The summed E-state index contributed by atoms with van der Waals surface area (Å²) in [7, 11) is 2.40. The topological polar surface area (TPSA) is 32.3 Å². The molecule has 0 aromatic carbocycles. The van der Waals surface area contributed by atoms with Gasteiger partial charge in [0.05, 0.1) is 32.1 Å². The Bertz CT molecular complexity index is 546. The molecule has 1 N–H and O–H groups in total. The van der Waals surface area contributed by atoms with Gasteiger partial charge in [-0.05, 0) is 52.9 Å². The average Bonchev–Trinajstić information content (AvgIpc) is 2.66. The first kappa shape index (κ1) is 19.9. The van der Waals surface area contributed by atoms with Crippen molar-refractivity contribution in [3.8, 4) is 0 Å². The number of carbonyl (C=O) groups is 1. The highest BCUT2D eigenvalue weighted by Crippen LogP contribution is 2.33. The van der Waals surface area contributed by atoms with Crippen LogP contribution in [-0.4, -0.2) is 66.1 Å². The molecule has 0 spiro atoms. The first-order valence-electron chi connectivity index (χ1n) is 10.8. The van der Waals surface area contributed by atoms with Crippen LogP contribution in [0.25, 0.3) is 0 Å². The zero-order valence-corrected chi connectivity index (χ0v) is 17.7. The van der Waals surface area contributed by atoms with E-state index in [4.69, 9.17) is 0 Å². The Morgan fingerprint density at radius 2 is 2.04 bits per heavy atom. The van der Waals surface area contributed by atoms with E-state index in [-0.39, 0.29) is 12.0 Å². The Hall–Kier alpha value is -0.870. The maximum atomic E-state index is 13.6. The van der Waals surface area contributed by atoms with Crippen molar-refractivity contribution in [3.05, 3.63) is 12.2 Å². The van der Waals surface area contributed by atoms with E-state index in [1.54, 1.807) is 0 Å². The zero-order valence-electron chi connectivity index (χ0n) is 17.7. The fourth-order valence-electron chi connectivity index (χ4n) is 5.45. The quantitative estimate of drug-likeness (QED) is 0.618. The number of amides is 1. The molecule has 148 valence electrons. The number of piperidine rings is 1. The Labute approximate surface area is 160 Å². The average molecular weight is 363 g/mol. The van der Waals surface area contributed by atoms with Gasteiger partial charge in [-0.1, -0.05) is 19.1 Å². The molecular weight excluding hydrogens is 322 g/mol. The second-order valence-corrected chi connectivity index (χ2v) is 9.83. The normalized spacial score (nSPS) is 44.1. The minimum atomic E-state index is 0.0990. The molecular formula is C22H40N3O+. The summed E-state index contributed by atoms with van der Waals surface area (Å²) in [5.41, 5.74) is 0. The van der Waals surface area contributed by atoms with Crippen molar-refractivity contribution < 1.29 is 9.28 Å². The lowest BCUT2D eigenvalue weighted by molar-refractivity contribution is -0.937. The summed E-state index contributed by atoms with van der Waals surface area (Å²) in [5, 5.41) is 3.78. The molecule has 0 radical (unpaired) electrons. The molecule has 1 aliphatic carbocycles. The summed E-state index contributed by atoms with van der Waals surface area (Å²) in [6.07, 6.45) is 8.04. The molecule has 1 amide bonds. The van der Waals surface area contributed by atoms with Crippen molar-refractivity contribution in [1.82, 2.24) is 10.2 Å². The van der Waals surface area contributed by atoms with E-state index in [0.29, 0.717) is 35.9 Å². The summed E-state index contributed by atoms with van der Waals surface area (Å²) < 4.78 is 1.15. The van der Waals surface area contributed by atoms with Gasteiger partial charge in [-0.15, -0.1) is 0 Å². The van der Waals surface area contributed by atoms with Crippen LogP contribution < -0.4 is 5.32 Å². The van der Waals surface area contributed by atoms with Crippen molar-refractivity contribution in [1.29, 1.82) is 0 Å². The molecule has 4 nitrogen and oxygen atoms in total. The van der Waals surface area contributed by atoms with E-state index in [1.165, 1.54) is 25.9 Å². The van der Waals surface area contributed by atoms with Crippen molar-refractivity contribution in [2.75, 3.05) is 26.7 Å². The van der Waals surface area contributed by atoms with Gasteiger partial charge in [-0.25, -0.2) is 0 Å². The lowest BCUT2D eigenvalue weighted by Crippen LogP contribution is -2.58. The second kappa shape index (κ2) is 7.63. The highest BCUT2D eigenvalue weighted by atomic mass is 16.2. The Kier molecular flexibility index (Phi) is 5.83. The van der Waals surface area contributed by atoms with Crippen LogP contribution in [0.1, 0.15) is 53.9 Å². The highest BCUT2D eigenvalue weighted by Gasteiger charge is 2.44. The first-order chi connectivity index (χ1) is 12.2. The van der Waals surface area contributed by atoms with Gasteiger partial charge in [0.25, 0.3) is 0 Å². The molecule has 2 fully saturated rings. The summed E-state index contributed by atoms with van der Waals surface area (Å²) in [6.45, 7) is 14.8. The molecule has 2 saturated heterocycles. The number of hydrogen-bond donors (Lipinski definition) is 1. The number of nitrogens with one attached hydrogen (secondary N) is 1. The van der Waals surface area contributed by atoms with E-state index in [2.05, 4.69) is 64.0 Å². The van der Waals surface area contributed by atoms with Gasteiger partial charge in [-0.3, -0.25) is 4.79 Å². The largest absolute Gasteiger partial charge is 0.338 e. The number of likely N-dealkylation sites (tertiary alicyclic amines) is 1. The van der Waals surface area contributed by atoms with Crippen molar-refractivity contribution in [3.63, 3.8) is 0 Å². The third-order valence-electron chi connectivity index (χ3n) is 7.75. The van der Waals surface area contributed by atoms with Gasteiger partial charge in [0, 0.05) is 30.6 Å². The van der Waals surface area contributed by atoms with Crippen LogP contribution in [0.3, 0.4) is 0 Å². The SMILES string of the molecule is CC1C=CCC2NC(C)C(C)N(CC3CCC[N+](C)(C(C)C)C3)C(=O)C12. The molecule has 3 rings (SSSR count). The van der Waals surface area contributed by atoms with Crippen LogP contribution in [0.5, 0.6) is 0 Å². The molecule has 7 unspecified atom stereocenters. The fourth-order valence-corrected chi connectivity index (χ4v) is 5.45. The first-order valence-corrected chi connectivity index (χ1v) is 10.8. The lowest BCUT2D eigenvalue weighted by Gasteiger charge is -2.46. The number of fused-ring (bicyclic) bond motifs is 1. The second-order valence-electron chi connectivity index (χ2n) is 9.83.